The van der Waals surface area contributed by atoms with Gasteiger partial charge in [-0.05, 0) is 36.6 Å². The fraction of sp³-hybridized carbons (Fsp3) is 0.714. The highest BCUT2D eigenvalue weighted by molar-refractivity contribution is 7.99. The minimum absolute atomic E-state index is 0.477. The van der Waals surface area contributed by atoms with E-state index in [0.717, 1.165) is 12.2 Å². The minimum atomic E-state index is 0.477. The highest BCUT2D eigenvalue weighted by atomic mass is 32.2. The van der Waals surface area contributed by atoms with Crippen molar-refractivity contribution in [1.82, 2.24) is 5.32 Å². The molecule has 1 N–H and O–H groups in total. The molecular formula is C14H23NOS. The topological polar surface area (TPSA) is 25.2 Å². The van der Waals surface area contributed by atoms with E-state index in [9.17, 15) is 0 Å². The molecule has 2 rings (SSSR count). The molecule has 2 unspecified atom stereocenters. The smallest absolute Gasteiger partial charge is 0.105 e. The number of furan rings is 1. The third kappa shape index (κ3) is 4.07. The van der Waals surface area contributed by atoms with Gasteiger partial charge in [0.25, 0.3) is 0 Å². The van der Waals surface area contributed by atoms with E-state index in [0.29, 0.717) is 17.5 Å². The first-order valence-corrected chi connectivity index (χ1v) is 7.57. The first-order chi connectivity index (χ1) is 8.05. The average Bonchev–Trinajstić information content (AvgIpc) is 2.68. The predicted molar refractivity (Wildman–Crippen MR) is 74.5 cm³/mol. The number of rotatable bonds is 4. The first kappa shape index (κ1) is 13.0. The van der Waals surface area contributed by atoms with Gasteiger partial charge in [-0.3, -0.25) is 0 Å². The lowest BCUT2D eigenvalue weighted by Gasteiger charge is -2.36. The van der Waals surface area contributed by atoms with Crippen LogP contribution in [0.1, 0.15) is 33.0 Å². The maximum absolute atomic E-state index is 5.39. The molecule has 3 heteroatoms. The van der Waals surface area contributed by atoms with Crippen molar-refractivity contribution in [1.29, 1.82) is 0 Å². The number of hydrogen-bond donors (Lipinski definition) is 1. The summed E-state index contributed by atoms with van der Waals surface area (Å²) in [5.41, 5.74) is 0.477. The summed E-state index contributed by atoms with van der Waals surface area (Å²) in [6, 6.07) is 5.15. The molecule has 0 aliphatic carbocycles. The molecule has 0 aromatic carbocycles. The van der Waals surface area contributed by atoms with Gasteiger partial charge in [0.2, 0.25) is 0 Å². The molecule has 1 fully saturated rings. The fourth-order valence-electron chi connectivity index (χ4n) is 2.56. The van der Waals surface area contributed by atoms with Crippen molar-refractivity contribution in [3.05, 3.63) is 24.2 Å². The van der Waals surface area contributed by atoms with Crippen LogP contribution in [0.5, 0.6) is 0 Å². The van der Waals surface area contributed by atoms with E-state index in [1.165, 1.54) is 17.9 Å². The van der Waals surface area contributed by atoms with Gasteiger partial charge in [0.15, 0.2) is 0 Å². The van der Waals surface area contributed by atoms with Gasteiger partial charge in [-0.2, -0.15) is 11.8 Å². The molecule has 2 nitrogen and oxygen atoms in total. The Morgan fingerprint density at radius 2 is 2.41 bits per heavy atom. The minimum Gasteiger partial charge on any atom is -0.469 e. The summed E-state index contributed by atoms with van der Waals surface area (Å²) in [5, 5.41) is 3.73. The summed E-state index contributed by atoms with van der Waals surface area (Å²) in [5.74, 6) is 3.61. The number of hydrogen-bond acceptors (Lipinski definition) is 3. The van der Waals surface area contributed by atoms with Crippen molar-refractivity contribution in [3.63, 3.8) is 0 Å². The summed E-state index contributed by atoms with van der Waals surface area (Å²) in [4.78, 5) is 0. The van der Waals surface area contributed by atoms with Crippen molar-refractivity contribution in [2.45, 2.75) is 45.7 Å². The summed E-state index contributed by atoms with van der Waals surface area (Å²) >= 11 is 2.07. The molecule has 2 heterocycles. The average molecular weight is 253 g/mol. The van der Waals surface area contributed by atoms with E-state index in [4.69, 9.17) is 4.42 Å². The van der Waals surface area contributed by atoms with E-state index >= 15 is 0 Å². The van der Waals surface area contributed by atoms with Gasteiger partial charge in [-0.15, -0.1) is 0 Å². The number of nitrogens with one attached hydrogen (secondary N) is 1. The van der Waals surface area contributed by atoms with Gasteiger partial charge in [0, 0.05) is 24.3 Å². The van der Waals surface area contributed by atoms with E-state index in [-0.39, 0.29) is 0 Å². The quantitative estimate of drug-likeness (QED) is 0.891. The molecule has 0 radical (unpaired) electrons. The van der Waals surface area contributed by atoms with Gasteiger partial charge in [0.05, 0.1) is 6.26 Å². The van der Waals surface area contributed by atoms with Crippen LogP contribution >= 0.6 is 11.8 Å². The summed E-state index contributed by atoms with van der Waals surface area (Å²) in [6.07, 6.45) is 4.01. The van der Waals surface area contributed by atoms with E-state index in [1.54, 1.807) is 6.26 Å². The van der Waals surface area contributed by atoms with E-state index < -0.39 is 0 Å². The zero-order valence-corrected chi connectivity index (χ0v) is 11.8. The zero-order valence-electron chi connectivity index (χ0n) is 11.0. The Bertz CT molecular complexity index is 334. The monoisotopic (exact) mass is 253 g/mol. The summed E-state index contributed by atoms with van der Waals surface area (Å²) in [6.45, 7) is 6.98. The van der Waals surface area contributed by atoms with Crippen molar-refractivity contribution in [2.24, 2.45) is 5.41 Å². The van der Waals surface area contributed by atoms with Gasteiger partial charge < -0.3 is 9.73 Å². The van der Waals surface area contributed by atoms with Crippen LogP contribution < -0.4 is 5.32 Å². The van der Waals surface area contributed by atoms with Crippen LogP contribution in [0.15, 0.2) is 22.8 Å². The van der Waals surface area contributed by atoms with Crippen LogP contribution in [-0.4, -0.2) is 23.6 Å². The Morgan fingerprint density at radius 3 is 3.06 bits per heavy atom. The molecule has 1 aromatic rings. The van der Waals surface area contributed by atoms with Crippen LogP contribution in [0.4, 0.5) is 0 Å². The van der Waals surface area contributed by atoms with Crippen LogP contribution in [0.25, 0.3) is 0 Å². The molecule has 1 aliphatic rings. The van der Waals surface area contributed by atoms with Gasteiger partial charge in [0.1, 0.15) is 5.76 Å². The second kappa shape index (κ2) is 5.49. The molecule has 0 spiro atoms. The second-order valence-electron chi connectivity index (χ2n) is 5.93. The molecule has 1 saturated heterocycles. The molecular weight excluding hydrogens is 230 g/mol. The molecule has 1 aliphatic heterocycles. The maximum Gasteiger partial charge on any atom is 0.105 e. The van der Waals surface area contributed by atoms with Gasteiger partial charge in [-0.25, -0.2) is 0 Å². The van der Waals surface area contributed by atoms with E-state index in [2.05, 4.69) is 43.9 Å². The molecule has 0 saturated carbocycles. The lowest BCUT2D eigenvalue weighted by Crippen LogP contribution is -2.44. The second-order valence-corrected chi connectivity index (χ2v) is 6.96. The SMILES string of the molecule is CC(Cc1ccco1)NC1CSCC(C)(C)C1. The van der Waals surface area contributed by atoms with Crippen LogP contribution in [0.2, 0.25) is 0 Å². The molecule has 96 valence electrons. The van der Waals surface area contributed by atoms with Crippen LogP contribution in [0, 0.1) is 5.41 Å². The Labute approximate surface area is 109 Å². The lowest BCUT2D eigenvalue weighted by atomic mass is 9.87. The Morgan fingerprint density at radius 1 is 1.59 bits per heavy atom. The standard InChI is InChI=1S/C14H23NOS/c1-11(7-13-5-4-6-16-13)15-12-8-14(2,3)10-17-9-12/h4-6,11-12,15H,7-10H2,1-3H3. The first-order valence-electron chi connectivity index (χ1n) is 6.41. The Hall–Kier alpha value is -0.410. The largest absolute Gasteiger partial charge is 0.469 e. The van der Waals surface area contributed by atoms with Crippen molar-refractivity contribution in [3.8, 4) is 0 Å². The zero-order chi connectivity index (χ0) is 12.3. The van der Waals surface area contributed by atoms with Crippen molar-refractivity contribution >= 4 is 11.8 Å². The van der Waals surface area contributed by atoms with Crippen molar-refractivity contribution < 1.29 is 4.42 Å². The predicted octanol–water partition coefficient (Wildman–Crippen LogP) is 3.33. The van der Waals surface area contributed by atoms with Crippen LogP contribution in [-0.2, 0) is 6.42 Å². The third-order valence-corrected chi connectivity index (χ3v) is 4.84. The summed E-state index contributed by atoms with van der Waals surface area (Å²) in [7, 11) is 0. The van der Waals surface area contributed by atoms with Crippen LogP contribution in [0.3, 0.4) is 0 Å². The number of thioether (sulfide) groups is 1. The Balaban J connectivity index is 1.80. The molecule has 2 atom stereocenters. The fourth-order valence-corrected chi connectivity index (χ4v) is 3.85. The molecule has 1 aromatic heterocycles. The lowest BCUT2D eigenvalue weighted by molar-refractivity contribution is 0.300. The highest BCUT2D eigenvalue weighted by Crippen LogP contribution is 2.33. The molecule has 0 bridgehead atoms. The Kier molecular flexibility index (Phi) is 4.21. The third-order valence-electron chi connectivity index (χ3n) is 3.22. The molecule has 17 heavy (non-hydrogen) atoms. The van der Waals surface area contributed by atoms with Gasteiger partial charge >= 0.3 is 0 Å². The summed E-state index contributed by atoms with van der Waals surface area (Å²) < 4.78 is 5.39. The highest BCUT2D eigenvalue weighted by Gasteiger charge is 2.28. The normalized spacial score (nSPS) is 25.7. The molecule has 0 amide bonds. The van der Waals surface area contributed by atoms with Gasteiger partial charge in [-0.1, -0.05) is 13.8 Å². The maximum atomic E-state index is 5.39. The van der Waals surface area contributed by atoms with E-state index in [1.807, 2.05) is 6.07 Å². The van der Waals surface area contributed by atoms with Crippen molar-refractivity contribution in [2.75, 3.05) is 11.5 Å².